The van der Waals surface area contributed by atoms with E-state index in [9.17, 15) is 23.2 Å². The van der Waals surface area contributed by atoms with Gasteiger partial charge in [0.15, 0.2) is 17.2 Å². The van der Waals surface area contributed by atoms with Gasteiger partial charge in [0, 0.05) is 43.2 Å². The molecule has 10 heteroatoms. The van der Waals surface area contributed by atoms with E-state index in [2.05, 4.69) is 10.3 Å². The summed E-state index contributed by atoms with van der Waals surface area (Å²) in [5.74, 6) is -2.91. The fourth-order valence-electron chi connectivity index (χ4n) is 5.58. The van der Waals surface area contributed by atoms with Crippen LogP contribution in [-0.2, 0) is 26.3 Å². The van der Waals surface area contributed by atoms with Gasteiger partial charge in [-0.1, -0.05) is 18.2 Å². The number of benzene rings is 1. The molecule has 1 aromatic heterocycles. The Morgan fingerprint density at radius 2 is 1.94 bits per heavy atom. The molecule has 0 bridgehead atoms. The molecule has 8 nitrogen and oxygen atoms in total. The largest absolute Gasteiger partial charge is 0.376 e. The van der Waals surface area contributed by atoms with Crippen LogP contribution in [0, 0.1) is 17.6 Å². The molecular formula is C26H28F2N4O4. The van der Waals surface area contributed by atoms with Crippen LogP contribution >= 0.6 is 0 Å². The Balaban J connectivity index is 1.33. The number of hydrogen-bond donors (Lipinski definition) is 1. The average Bonchev–Trinajstić information content (AvgIpc) is 3.50. The van der Waals surface area contributed by atoms with Gasteiger partial charge in [-0.15, -0.1) is 0 Å². The van der Waals surface area contributed by atoms with Crippen LogP contribution in [0.15, 0.2) is 42.7 Å². The SMILES string of the molecule is O=C(Cc1cccc(F)c1F)N1CCC([C@]2(c3cccnc3)NC(=O)N(C[C@@H]3CCCO3)C2=O)CC1. The van der Waals surface area contributed by atoms with Crippen molar-refractivity contribution >= 4 is 17.8 Å². The first-order chi connectivity index (χ1) is 17.4. The number of amides is 4. The number of carbonyl (C=O) groups is 3. The Hall–Kier alpha value is -3.40. The van der Waals surface area contributed by atoms with Crippen molar-refractivity contribution in [3.8, 4) is 0 Å². The van der Waals surface area contributed by atoms with Crippen molar-refractivity contribution in [1.29, 1.82) is 0 Å². The number of pyridine rings is 1. The van der Waals surface area contributed by atoms with E-state index in [4.69, 9.17) is 4.74 Å². The summed E-state index contributed by atoms with van der Waals surface area (Å²) in [6.45, 7) is 1.48. The highest BCUT2D eigenvalue weighted by Gasteiger charge is 2.57. The molecule has 3 fully saturated rings. The monoisotopic (exact) mass is 498 g/mol. The Bertz CT molecular complexity index is 1150. The Kier molecular flexibility index (Phi) is 6.70. The number of imide groups is 1. The zero-order valence-corrected chi connectivity index (χ0v) is 19.8. The third-order valence-corrected chi connectivity index (χ3v) is 7.49. The highest BCUT2D eigenvalue weighted by Crippen LogP contribution is 2.41. The van der Waals surface area contributed by atoms with Crippen molar-refractivity contribution in [2.24, 2.45) is 5.92 Å². The number of aromatic nitrogens is 1. The number of nitrogens with one attached hydrogen (secondary N) is 1. The van der Waals surface area contributed by atoms with Crippen molar-refractivity contribution in [3.63, 3.8) is 0 Å². The molecule has 36 heavy (non-hydrogen) atoms. The van der Waals surface area contributed by atoms with E-state index in [1.54, 1.807) is 29.4 Å². The number of hydrogen-bond acceptors (Lipinski definition) is 5. The molecule has 190 valence electrons. The van der Waals surface area contributed by atoms with Crippen LogP contribution < -0.4 is 5.32 Å². The number of urea groups is 1. The normalized spacial score (nSPS) is 24.9. The highest BCUT2D eigenvalue weighted by molar-refractivity contribution is 6.07. The molecule has 4 amide bonds. The fourth-order valence-corrected chi connectivity index (χ4v) is 5.58. The first-order valence-corrected chi connectivity index (χ1v) is 12.3. The molecule has 2 aromatic rings. The standard InChI is InChI=1S/C26H28F2N4O4/c27-21-7-1-4-17(23(21)28)14-22(33)31-11-8-18(9-12-31)26(19-5-2-10-29-15-19)24(34)32(25(35)30-26)16-20-6-3-13-36-20/h1-2,4-5,7,10,15,18,20H,3,6,8-9,11-14,16H2,(H,30,35)/t20-,26+/m0/s1. The molecule has 3 aliphatic heterocycles. The third-order valence-electron chi connectivity index (χ3n) is 7.49. The summed E-state index contributed by atoms with van der Waals surface area (Å²) in [5.41, 5.74) is -0.671. The van der Waals surface area contributed by atoms with Crippen LogP contribution in [0.4, 0.5) is 13.6 Å². The lowest BCUT2D eigenvalue weighted by Gasteiger charge is -2.41. The van der Waals surface area contributed by atoms with E-state index in [-0.39, 0.29) is 42.4 Å². The molecule has 0 aliphatic carbocycles. The maximum atomic E-state index is 14.1. The number of carbonyl (C=O) groups excluding carboxylic acids is 3. The molecular weight excluding hydrogens is 470 g/mol. The molecule has 5 rings (SSSR count). The molecule has 0 spiro atoms. The maximum absolute atomic E-state index is 14.1. The van der Waals surface area contributed by atoms with Crippen LogP contribution in [0.3, 0.4) is 0 Å². The summed E-state index contributed by atoms with van der Waals surface area (Å²) in [6, 6.07) is 6.84. The van der Waals surface area contributed by atoms with Crippen LogP contribution in [0.25, 0.3) is 0 Å². The van der Waals surface area contributed by atoms with Crippen molar-refractivity contribution in [1.82, 2.24) is 20.1 Å². The molecule has 1 N–H and O–H groups in total. The smallest absolute Gasteiger partial charge is 0.325 e. The topological polar surface area (TPSA) is 91.8 Å². The molecule has 2 atom stereocenters. The third kappa shape index (κ3) is 4.34. The van der Waals surface area contributed by atoms with Gasteiger partial charge in [0.1, 0.15) is 0 Å². The summed E-state index contributed by atoms with van der Waals surface area (Å²) in [7, 11) is 0. The minimum Gasteiger partial charge on any atom is -0.376 e. The van der Waals surface area contributed by atoms with Crippen molar-refractivity contribution in [3.05, 3.63) is 65.5 Å². The minimum atomic E-state index is -1.28. The quantitative estimate of drug-likeness (QED) is 0.619. The molecule has 3 saturated heterocycles. The maximum Gasteiger partial charge on any atom is 0.325 e. The molecule has 0 unspecified atom stereocenters. The van der Waals surface area contributed by atoms with Gasteiger partial charge in [0.05, 0.1) is 19.1 Å². The number of piperidine rings is 1. The number of likely N-dealkylation sites (tertiary alicyclic amines) is 1. The predicted octanol–water partition coefficient (Wildman–Crippen LogP) is 2.77. The van der Waals surface area contributed by atoms with Crippen LogP contribution in [-0.4, -0.2) is 65.0 Å². The first-order valence-electron chi connectivity index (χ1n) is 12.3. The van der Waals surface area contributed by atoms with Gasteiger partial charge < -0.3 is 15.0 Å². The van der Waals surface area contributed by atoms with Gasteiger partial charge in [-0.05, 0) is 43.7 Å². The van der Waals surface area contributed by atoms with Crippen molar-refractivity contribution in [2.45, 2.75) is 43.7 Å². The Labute approximate surface area is 207 Å². The molecule has 1 aromatic carbocycles. The molecule has 0 saturated carbocycles. The van der Waals surface area contributed by atoms with Gasteiger partial charge in [-0.3, -0.25) is 19.5 Å². The lowest BCUT2D eigenvalue weighted by Crippen LogP contribution is -2.54. The molecule has 0 radical (unpaired) electrons. The van der Waals surface area contributed by atoms with E-state index in [1.807, 2.05) is 0 Å². The van der Waals surface area contributed by atoms with Crippen LogP contribution in [0.1, 0.15) is 36.8 Å². The van der Waals surface area contributed by atoms with Crippen LogP contribution in [0.5, 0.6) is 0 Å². The average molecular weight is 499 g/mol. The van der Waals surface area contributed by atoms with Gasteiger partial charge >= 0.3 is 6.03 Å². The zero-order chi connectivity index (χ0) is 25.3. The minimum absolute atomic E-state index is 0.0111. The lowest BCUT2D eigenvalue weighted by molar-refractivity contribution is -0.137. The Morgan fingerprint density at radius 3 is 2.64 bits per heavy atom. The zero-order valence-electron chi connectivity index (χ0n) is 19.8. The number of ether oxygens (including phenoxy) is 1. The van der Waals surface area contributed by atoms with Gasteiger partial charge in [-0.25, -0.2) is 13.6 Å². The lowest BCUT2D eigenvalue weighted by atomic mass is 9.73. The van der Waals surface area contributed by atoms with E-state index < -0.39 is 23.2 Å². The Morgan fingerprint density at radius 1 is 1.14 bits per heavy atom. The summed E-state index contributed by atoms with van der Waals surface area (Å²) in [6.07, 6.45) is 5.38. The summed E-state index contributed by atoms with van der Waals surface area (Å²) in [4.78, 5) is 46.7. The second-order valence-corrected chi connectivity index (χ2v) is 9.58. The summed E-state index contributed by atoms with van der Waals surface area (Å²) >= 11 is 0. The highest BCUT2D eigenvalue weighted by atomic mass is 19.2. The van der Waals surface area contributed by atoms with E-state index in [0.29, 0.717) is 38.1 Å². The first kappa shape index (κ1) is 24.3. The second-order valence-electron chi connectivity index (χ2n) is 9.58. The van der Waals surface area contributed by atoms with Crippen LogP contribution in [0.2, 0.25) is 0 Å². The van der Waals surface area contributed by atoms with E-state index in [1.165, 1.54) is 17.0 Å². The van der Waals surface area contributed by atoms with Crippen molar-refractivity contribution in [2.75, 3.05) is 26.2 Å². The van der Waals surface area contributed by atoms with Gasteiger partial charge in [-0.2, -0.15) is 0 Å². The number of halogens is 2. The van der Waals surface area contributed by atoms with E-state index in [0.717, 1.165) is 18.9 Å². The fraction of sp³-hybridized carbons (Fsp3) is 0.462. The molecule has 4 heterocycles. The summed E-state index contributed by atoms with van der Waals surface area (Å²) < 4.78 is 33.3. The van der Waals surface area contributed by atoms with E-state index >= 15 is 0 Å². The van der Waals surface area contributed by atoms with Gasteiger partial charge in [0.25, 0.3) is 5.91 Å². The predicted molar refractivity (Wildman–Crippen MR) is 124 cm³/mol. The summed E-state index contributed by atoms with van der Waals surface area (Å²) in [5, 5.41) is 2.97. The van der Waals surface area contributed by atoms with Crippen molar-refractivity contribution < 1.29 is 27.9 Å². The number of nitrogens with zero attached hydrogens (tertiary/aromatic N) is 3. The number of rotatable bonds is 6. The second kappa shape index (κ2) is 9.93. The van der Waals surface area contributed by atoms with Gasteiger partial charge in [0.2, 0.25) is 5.91 Å². The molecule has 3 aliphatic rings.